The number of nitrogens with zero attached hydrogens (tertiary/aromatic N) is 2. The molecular formula is C25H25BrN2O5. The van der Waals surface area contributed by atoms with E-state index in [1.807, 2.05) is 18.2 Å². The Balaban J connectivity index is 1.66. The highest BCUT2D eigenvalue weighted by atomic mass is 79.9. The number of benzene rings is 2. The molecule has 172 valence electrons. The number of ether oxygens (including phenoxy) is 2. The van der Waals surface area contributed by atoms with Crippen LogP contribution in [0.2, 0.25) is 0 Å². The summed E-state index contributed by atoms with van der Waals surface area (Å²) >= 11 is 3.39. The van der Waals surface area contributed by atoms with Crippen LogP contribution in [0.4, 0.5) is 10.5 Å². The van der Waals surface area contributed by atoms with Crippen LogP contribution in [0, 0.1) is 11.8 Å². The molecule has 0 radical (unpaired) electrons. The molecule has 0 bridgehead atoms. The summed E-state index contributed by atoms with van der Waals surface area (Å²) in [5, 5.41) is 0. The molecule has 2 saturated heterocycles. The Morgan fingerprint density at radius 2 is 1.91 bits per heavy atom. The second-order valence-corrected chi connectivity index (χ2v) is 9.71. The number of rotatable bonds is 4. The van der Waals surface area contributed by atoms with Gasteiger partial charge in [-0.1, -0.05) is 35.0 Å². The van der Waals surface area contributed by atoms with E-state index >= 15 is 0 Å². The topological polar surface area (TPSA) is 76.2 Å². The van der Waals surface area contributed by atoms with E-state index in [0.717, 1.165) is 22.0 Å². The zero-order chi connectivity index (χ0) is 23.5. The van der Waals surface area contributed by atoms with E-state index in [0.29, 0.717) is 11.4 Å². The van der Waals surface area contributed by atoms with Gasteiger partial charge < -0.3 is 14.4 Å². The molecule has 0 spiro atoms. The van der Waals surface area contributed by atoms with Crippen LogP contribution in [0.25, 0.3) is 0 Å². The Morgan fingerprint density at radius 1 is 1.18 bits per heavy atom. The van der Waals surface area contributed by atoms with Crippen LogP contribution in [-0.4, -0.2) is 41.6 Å². The fourth-order valence-electron chi connectivity index (χ4n) is 5.57. The van der Waals surface area contributed by atoms with Gasteiger partial charge in [-0.15, -0.1) is 0 Å². The van der Waals surface area contributed by atoms with Crippen molar-refractivity contribution in [3.8, 4) is 5.75 Å². The minimum absolute atomic E-state index is 0.193. The van der Waals surface area contributed by atoms with Crippen LogP contribution in [0.1, 0.15) is 37.9 Å². The van der Waals surface area contributed by atoms with Crippen molar-refractivity contribution in [1.82, 2.24) is 4.90 Å². The molecule has 5 rings (SSSR count). The van der Waals surface area contributed by atoms with Gasteiger partial charge in [-0.05, 0) is 56.2 Å². The lowest BCUT2D eigenvalue weighted by Crippen LogP contribution is -2.51. The van der Waals surface area contributed by atoms with Crippen LogP contribution < -0.4 is 9.64 Å². The minimum Gasteiger partial charge on any atom is -0.493 e. The van der Waals surface area contributed by atoms with Gasteiger partial charge in [-0.2, -0.15) is 0 Å². The van der Waals surface area contributed by atoms with Gasteiger partial charge in [0.1, 0.15) is 11.3 Å². The number of carbonyl (C=O) groups is 3. The number of anilines is 1. The Labute approximate surface area is 200 Å². The molecule has 4 atom stereocenters. The van der Waals surface area contributed by atoms with Crippen LogP contribution >= 0.6 is 15.9 Å². The lowest BCUT2D eigenvalue weighted by Gasteiger charge is -2.34. The number of fused-ring (bicyclic) bond motifs is 5. The summed E-state index contributed by atoms with van der Waals surface area (Å²) in [6.07, 6.45) is 0.854. The summed E-state index contributed by atoms with van der Waals surface area (Å²) in [5.74, 6) is -1.42. The SMILES string of the molecule is CCOC(=O)[C@@H]1[C@H]2COc3cc(CC)ccc3[C@@H]2N2C(=O)N(c3ccc(Br)cc3)C(=O)[C@@]12C. The maximum atomic E-state index is 13.9. The molecule has 3 amide bonds. The van der Waals surface area contributed by atoms with Gasteiger partial charge in [-0.25, -0.2) is 9.69 Å². The number of amides is 3. The van der Waals surface area contributed by atoms with Crippen LogP contribution in [0.15, 0.2) is 46.9 Å². The molecular weight excluding hydrogens is 488 g/mol. The molecule has 3 heterocycles. The highest BCUT2D eigenvalue weighted by molar-refractivity contribution is 9.10. The Morgan fingerprint density at radius 3 is 2.58 bits per heavy atom. The zero-order valence-electron chi connectivity index (χ0n) is 18.7. The van der Waals surface area contributed by atoms with Crippen LogP contribution in [0.3, 0.4) is 0 Å². The van der Waals surface area contributed by atoms with E-state index in [1.54, 1.807) is 43.0 Å². The van der Waals surface area contributed by atoms with Gasteiger partial charge in [0.2, 0.25) is 0 Å². The van der Waals surface area contributed by atoms with Crippen molar-refractivity contribution in [2.24, 2.45) is 11.8 Å². The number of hydrogen-bond acceptors (Lipinski definition) is 5. The van der Waals surface area contributed by atoms with Gasteiger partial charge in [0.25, 0.3) is 5.91 Å². The van der Waals surface area contributed by atoms with Crippen LogP contribution in [0.5, 0.6) is 5.75 Å². The fourth-order valence-corrected chi connectivity index (χ4v) is 5.83. The van der Waals surface area contributed by atoms with E-state index in [4.69, 9.17) is 9.47 Å². The van der Waals surface area contributed by atoms with Crippen molar-refractivity contribution in [2.75, 3.05) is 18.1 Å². The summed E-state index contributed by atoms with van der Waals surface area (Å²) in [4.78, 5) is 43.7. The monoisotopic (exact) mass is 512 g/mol. The van der Waals surface area contributed by atoms with Crippen molar-refractivity contribution < 1.29 is 23.9 Å². The molecule has 0 unspecified atom stereocenters. The highest BCUT2D eigenvalue weighted by Gasteiger charge is 2.72. The fraction of sp³-hybridized carbons (Fsp3) is 0.400. The standard InChI is InChI=1S/C25H25BrN2O5/c1-4-14-6-11-17-19(12-14)33-13-18-20(22(29)32-5-2)25(3)23(30)27(24(31)28(25)21(17)18)16-9-7-15(26)8-10-16/h6-12,18,20-21H,4-5,13H2,1-3H3/t18-,20+,21+,25-/m1/s1. The molecule has 2 aromatic rings. The predicted molar refractivity (Wildman–Crippen MR) is 125 cm³/mol. The molecule has 0 saturated carbocycles. The molecule has 2 fully saturated rings. The zero-order valence-corrected chi connectivity index (χ0v) is 20.3. The molecule has 8 heteroatoms. The molecule has 3 aliphatic heterocycles. The molecule has 33 heavy (non-hydrogen) atoms. The van der Waals surface area contributed by atoms with E-state index < -0.39 is 35.4 Å². The summed E-state index contributed by atoms with van der Waals surface area (Å²) in [7, 11) is 0. The summed E-state index contributed by atoms with van der Waals surface area (Å²) in [6, 6.07) is 12.0. The number of imide groups is 1. The van der Waals surface area contributed by atoms with Crippen LogP contribution in [-0.2, 0) is 20.7 Å². The Hall–Kier alpha value is -2.87. The van der Waals surface area contributed by atoms with Crippen molar-refractivity contribution in [2.45, 2.75) is 38.8 Å². The number of hydrogen-bond donors (Lipinski definition) is 0. The quantitative estimate of drug-likeness (QED) is 0.445. The molecule has 2 aromatic carbocycles. The highest BCUT2D eigenvalue weighted by Crippen LogP contribution is 2.58. The van der Waals surface area contributed by atoms with E-state index in [9.17, 15) is 14.4 Å². The molecule has 0 aromatic heterocycles. The average Bonchev–Trinajstić information content (AvgIpc) is 3.19. The first-order valence-corrected chi connectivity index (χ1v) is 12.0. The largest absolute Gasteiger partial charge is 0.493 e. The lowest BCUT2D eigenvalue weighted by molar-refractivity contribution is -0.154. The average molecular weight is 513 g/mol. The number of carbonyl (C=O) groups excluding carboxylic acids is 3. The van der Waals surface area contributed by atoms with Crippen molar-refractivity contribution in [1.29, 1.82) is 0 Å². The first-order valence-electron chi connectivity index (χ1n) is 11.2. The summed E-state index contributed by atoms with van der Waals surface area (Å²) in [5.41, 5.74) is 1.03. The second kappa shape index (κ2) is 7.87. The van der Waals surface area contributed by atoms with E-state index in [2.05, 4.69) is 22.9 Å². The van der Waals surface area contributed by atoms with Crippen molar-refractivity contribution in [3.05, 3.63) is 58.1 Å². The molecule has 0 aliphatic carbocycles. The molecule has 3 aliphatic rings. The van der Waals surface area contributed by atoms with Gasteiger partial charge >= 0.3 is 12.0 Å². The smallest absolute Gasteiger partial charge is 0.332 e. The van der Waals surface area contributed by atoms with Gasteiger partial charge in [0.05, 0.1) is 30.9 Å². The second-order valence-electron chi connectivity index (χ2n) is 8.79. The van der Waals surface area contributed by atoms with Crippen molar-refractivity contribution in [3.63, 3.8) is 0 Å². The third-order valence-electron chi connectivity index (χ3n) is 7.11. The number of halogens is 1. The third-order valence-corrected chi connectivity index (χ3v) is 7.64. The lowest BCUT2D eigenvalue weighted by atomic mass is 9.77. The minimum atomic E-state index is -1.37. The molecule has 7 nitrogen and oxygen atoms in total. The van der Waals surface area contributed by atoms with Gasteiger partial charge in [0, 0.05) is 16.0 Å². The number of aryl methyl sites for hydroxylation is 1. The number of esters is 1. The third kappa shape index (κ3) is 3.03. The first kappa shape index (κ1) is 21.9. The van der Waals surface area contributed by atoms with Crippen molar-refractivity contribution >= 4 is 39.5 Å². The van der Waals surface area contributed by atoms with E-state index in [1.165, 1.54) is 4.90 Å². The number of urea groups is 1. The normalized spacial score (nSPS) is 27.7. The van der Waals surface area contributed by atoms with Gasteiger partial charge in [-0.3, -0.25) is 9.59 Å². The Kier molecular flexibility index (Phi) is 5.23. The maximum absolute atomic E-state index is 13.9. The molecule has 0 N–H and O–H groups in total. The van der Waals surface area contributed by atoms with E-state index in [-0.39, 0.29) is 19.1 Å². The summed E-state index contributed by atoms with van der Waals surface area (Å²) < 4.78 is 12.3. The Bertz CT molecular complexity index is 1150. The first-order chi connectivity index (χ1) is 15.8. The maximum Gasteiger partial charge on any atom is 0.332 e. The predicted octanol–water partition coefficient (Wildman–Crippen LogP) is 4.48. The summed E-state index contributed by atoms with van der Waals surface area (Å²) in [6.45, 7) is 5.92. The van der Waals surface area contributed by atoms with Gasteiger partial charge in [0.15, 0.2) is 0 Å².